The molecule has 1 N–H and O–H groups in total. The standard InChI is InChI=1S/C18H14ClNO2/c1-22-17-11-10-14(12-6-2-3-7-13(12)17)18(21)20-16-9-5-4-8-15(16)19/h2-11H,1H3,(H,20,21). The number of carbonyl (C=O) groups is 1. The van der Waals surface area contributed by atoms with E-state index in [-0.39, 0.29) is 5.91 Å². The molecule has 3 rings (SSSR count). The Labute approximate surface area is 133 Å². The third kappa shape index (κ3) is 2.63. The maximum absolute atomic E-state index is 12.6. The van der Waals surface area contributed by atoms with E-state index >= 15 is 0 Å². The van der Waals surface area contributed by atoms with Gasteiger partial charge in [0.25, 0.3) is 5.91 Å². The van der Waals surface area contributed by atoms with Crippen LogP contribution in [0.2, 0.25) is 5.02 Å². The van der Waals surface area contributed by atoms with E-state index in [9.17, 15) is 4.79 Å². The van der Waals surface area contributed by atoms with Crippen LogP contribution in [0.4, 0.5) is 5.69 Å². The van der Waals surface area contributed by atoms with E-state index in [1.165, 1.54) is 0 Å². The highest BCUT2D eigenvalue weighted by Gasteiger charge is 2.13. The minimum Gasteiger partial charge on any atom is -0.496 e. The number of halogens is 1. The van der Waals surface area contributed by atoms with Gasteiger partial charge in [0.15, 0.2) is 0 Å². The molecule has 0 unspecified atom stereocenters. The van der Waals surface area contributed by atoms with Gasteiger partial charge in [-0.2, -0.15) is 0 Å². The monoisotopic (exact) mass is 311 g/mol. The lowest BCUT2D eigenvalue weighted by Gasteiger charge is -2.11. The zero-order valence-corrected chi connectivity index (χ0v) is 12.7. The maximum Gasteiger partial charge on any atom is 0.256 e. The first-order valence-corrected chi connectivity index (χ1v) is 7.20. The van der Waals surface area contributed by atoms with Crippen LogP contribution < -0.4 is 10.1 Å². The molecule has 3 aromatic rings. The topological polar surface area (TPSA) is 38.3 Å². The molecule has 3 nitrogen and oxygen atoms in total. The highest BCUT2D eigenvalue weighted by molar-refractivity contribution is 6.34. The summed E-state index contributed by atoms with van der Waals surface area (Å²) in [6, 6.07) is 18.4. The highest BCUT2D eigenvalue weighted by Crippen LogP contribution is 2.29. The van der Waals surface area contributed by atoms with Crippen molar-refractivity contribution in [2.45, 2.75) is 0 Å². The Kier molecular flexibility index (Phi) is 3.98. The minimum absolute atomic E-state index is 0.202. The highest BCUT2D eigenvalue weighted by atomic mass is 35.5. The molecule has 0 aliphatic heterocycles. The lowest BCUT2D eigenvalue weighted by atomic mass is 10.0. The van der Waals surface area contributed by atoms with Crippen molar-refractivity contribution >= 4 is 34.0 Å². The number of amides is 1. The Morgan fingerprint density at radius 2 is 1.64 bits per heavy atom. The molecule has 4 heteroatoms. The quantitative estimate of drug-likeness (QED) is 0.757. The number of methoxy groups -OCH3 is 1. The number of carbonyl (C=O) groups excluding carboxylic acids is 1. The van der Waals surface area contributed by atoms with Crippen LogP contribution in [-0.2, 0) is 0 Å². The number of nitrogens with one attached hydrogen (secondary N) is 1. The molecule has 3 aromatic carbocycles. The number of rotatable bonds is 3. The largest absolute Gasteiger partial charge is 0.496 e. The van der Waals surface area contributed by atoms with Gasteiger partial charge >= 0.3 is 0 Å². The van der Waals surface area contributed by atoms with Crippen molar-refractivity contribution in [2.24, 2.45) is 0 Å². The molecular weight excluding hydrogens is 298 g/mol. The zero-order chi connectivity index (χ0) is 15.5. The Hall–Kier alpha value is -2.52. The average molecular weight is 312 g/mol. The first-order chi connectivity index (χ1) is 10.7. The molecule has 1 amide bonds. The van der Waals surface area contributed by atoms with Gasteiger partial charge in [0.1, 0.15) is 5.75 Å². The van der Waals surface area contributed by atoms with Crippen LogP contribution >= 0.6 is 11.6 Å². The third-order valence-electron chi connectivity index (χ3n) is 3.47. The van der Waals surface area contributed by atoms with E-state index < -0.39 is 0 Å². The molecule has 0 atom stereocenters. The molecule has 0 fully saturated rings. The smallest absolute Gasteiger partial charge is 0.256 e. The van der Waals surface area contributed by atoms with Gasteiger partial charge in [-0.05, 0) is 29.7 Å². The van der Waals surface area contributed by atoms with Crippen molar-refractivity contribution in [1.82, 2.24) is 0 Å². The molecule has 0 bridgehead atoms. The van der Waals surface area contributed by atoms with Crippen LogP contribution in [0.15, 0.2) is 60.7 Å². The first kappa shape index (κ1) is 14.4. The van der Waals surface area contributed by atoms with Crippen molar-refractivity contribution < 1.29 is 9.53 Å². The van der Waals surface area contributed by atoms with Crippen LogP contribution in [0.5, 0.6) is 5.75 Å². The van der Waals surface area contributed by atoms with Crippen LogP contribution in [0, 0.1) is 0 Å². The van der Waals surface area contributed by atoms with Gasteiger partial charge in [-0.15, -0.1) is 0 Å². The molecule has 22 heavy (non-hydrogen) atoms. The van der Waals surface area contributed by atoms with E-state index in [0.717, 1.165) is 16.5 Å². The van der Waals surface area contributed by atoms with Crippen LogP contribution in [0.3, 0.4) is 0 Å². The van der Waals surface area contributed by atoms with Gasteiger partial charge in [-0.25, -0.2) is 0 Å². The van der Waals surface area contributed by atoms with Gasteiger partial charge < -0.3 is 10.1 Å². The Balaban J connectivity index is 2.03. The van der Waals surface area contributed by atoms with Gasteiger partial charge in [0, 0.05) is 10.9 Å². The second kappa shape index (κ2) is 6.08. The average Bonchev–Trinajstić information content (AvgIpc) is 2.56. The first-order valence-electron chi connectivity index (χ1n) is 6.82. The van der Waals surface area contributed by atoms with Gasteiger partial charge in [-0.1, -0.05) is 48.0 Å². The molecule has 0 aliphatic rings. The SMILES string of the molecule is COc1ccc(C(=O)Nc2ccccc2Cl)c2ccccc12. The summed E-state index contributed by atoms with van der Waals surface area (Å²) >= 11 is 6.09. The summed E-state index contributed by atoms with van der Waals surface area (Å²) in [5, 5.41) is 5.09. The molecule has 0 radical (unpaired) electrons. The van der Waals surface area contributed by atoms with E-state index in [0.29, 0.717) is 16.3 Å². The van der Waals surface area contributed by atoms with E-state index in [4.69, 9.17) is 16.3 Å². The maximum atomic E-state index is 12.6. The fraction of sp³-hybridized carbons (Fsp3) is 0.0556. The second-order valence-electron chi connectivity index (χ2n) is 4.79. The summed E-state index contributed by atoms with van der Waals surface area (Å²) < 4.78 is 5.35. The number of fused-ring (bicyclic) bond motifs is 1. The summed E-state index contributed by atoms with van der Waals surface area (Å²) in [6.45, 7) is 0. The molecule has 0 spiro atoms. The fourth-order valence-electron chi connectivity index (χ4n) is 2.40. The van der Waals surface area contributed by atoms with E-state index in [2.05, 4.69) is 5.32 Å². The molecule has 0 aliphatic carbocycles. The van der Waals surface area contributed by atoms with Crippen LogP contribution in [0.1, 0.15) is 10.4 Å². The van der Waals surface area contributed by atoms with Crippen molar-refractivity contribution in [2.75, 3.05) is 12.4 Å². The van der Waals surface area contributed by atoms with Gasteiger partial charge in [0.05, 0.1) is 17.8 Å². The summed E-state index contributed by atoms with van der Waals surface area (Å²) in [5.41, 5.74) is 1.17. The van der Waals surface area contributed by atoms with E-state index in [1.54, 1.807) is 31.4 Å². The normalized spacial score (nSPS) is 10.5. The lowest BCUT2D eigenvalue weighted by Crippen LogP contribution is -2.12. The minimum atomic E-state index is -0.202. The fourth-order valence-corrected chi connectivity index (χ4v) is 2.58. The number of anilines is 1. The Morgan fingerprint density at radius 3 is 2.36 bits per heavy atom. The third-order valence-corrected chi connectivity index (χ3v) is 3.80. The summed E-state index contributed by atoms with van der Waals surface area (Å²) in [7, 11) is 1.62. The van der Waals surface area contributed by atoms with Crippen LogP contribution in [-0.4, -0.2) is 13.0 Å². The summed E-state index contributed by atoms with van der Waals surface area (Å²) in [5.74, 6) is 0.539. The Bertz CT molecular complexity index is 845. The van der Waals surface area contributed by atoms with Crippen LogP contribution in [0.25, 0.3) is 10.8 Å². The molecule has 0 heterocycles. The number of para-hydroxylation sites is 1. The molecule has 0 aromatic heterocycles. The predicted octanol–water partition coefficient (Wildman–Crippen LogP) is 4.75. The number of hydrogen-bond donors (Lipinski definition) is 1. The van der Waals surface area contributed by atoms with Crippen molar-refractivity contribution in [3.8, 4) is 5.75 Å². The second-order valence-corrected chi connectivity index (χ2v) is 5.20. The van der Waals surface area contributed by atoms with Gasteiger partial charge in [0.2, 0.25) is 0 Å². The van der Waals surface area contributed by atoms with Crippen molar-refractivity contribution in [1.29, 1.82) is 0 Å². The molecular formula is C18H14ClNO2. The lowest BCUT2D eigenvalue weighted by molar-refractivity contribution is 0.102. The number of benzene rings is 3. The summed E-state index contributed by atoms with van der Waals surface area (Å²) in [6.07, 6.45) is 0. The number of hydrogen-bond acceptors (Lipinski definition) is 2. The molecule has 110 valence electrons. The summed E-state index contributed by atoms with van der Waals surface area (Å²) in [4.78, 5) is 12.6. The molecule has 0 saturated carbocycles. The zero-order valence-electron chi connectivity index (χ0n) is 12.0. The predicted molar refractivity (Wildman–Crippen MR) is 89.9 cm³/mol. The van der Waals surface area contributed by atoms with Crippen molar-refractivity contribution in [3.63, 3.8) is 0 Å². The number of ether oxygens (including phenoxy) is 1. The Morgan fingerprint density at radius 1 is 0.955 bits per heavy atom. The van der Waals surface area contributed by atoms with Gasteiger partial charge in [-0.3, -0.25) is 4.79 Å². The van der Waals surface area contributed by atoms with E-state index in [1.807, 2.05) is 36.4 Å². The molecule has 0 saturated heterocycles. The van der Waals surface area contributed by atoms with Crippen molar-refractivity contribution in [3.05, 3.63) is 71.2 Å².